The molecule has 0 bridgehead atoms. The van der Waals surface area contributed by atoms with E-state index in [0.717, 1.165) is 45.3 Å². The van der Waals surface area contributed by atoms with Crippen molar-refractivity contribution in [2.75, 3.05) is 26.2 Å². The largest absolute Gasteiger partial charge is 0.352 e. The zero-order valence-corrected chi connectivity index (χ0v) is 14.4. The number of likely N-dealkylation sites (tertiary alicyclic amines) is 1. The maximum absolute atomic E-state index is 13.3. The third-order valence-electron chi connectivity index (χ3n) is 6.01. The fraction of sp³-hybridized carbons (Fsp3) is 0.889. The molecule has 2 heterocycles. The standard InChI is InChI=1S/C18H31N3O2/c1-2-6-16(22)20-15-8-5-10-21(12-15)17(23)18-9-4-3-7-14(18)11-19-13-18/h14-15,19H,2-13H2,1H3,(H,20,22)/t14-,15?,18+/m0/s1. The predicted octanol–water partition coefficient (Wildman–Crippen LogP) is 1.67. The van der Waals surface area contributed by atoms with Gasteiger partial charge in [-0.3, -0.25) is 9.59 Å². The Morgan fingerprint density at radius 1 is 1.26 bits per heavy atom. The summed E-state index contributed by atoms with van der Waals surface area (Å²) in [5.74, 6) is 0.989. The van der Waals surface area contributed by atoms with Crippen molar-refractivity contribution < 1.29 is 9.59 Å². The molecule has 130 valence electrons. The van der Waals surface area contributed by atoms with Gasteiger partial charge in [-0.05, 0) is 44.6 Å². The third kappa shape index (κ3) is 3.39. The summed E-state index contributed by atoms with van der Waals surface area (Å²) in [6, 6.07) is 0.138. The van der Waals surface area contributed by atoms with Gasteiger partial charge in [0.1, 0.15) is 0 Å². The number of amides is 2. The van der Waals surface area contributed by atoms with E-state index in [1.807, 2.05) is 11.8 Å². The van der Waals surface area contributed by atoms with E-state index in [1.165, 1.54) is 19.3 Å². The van der Waals surface area contributed by atoms with Gasteiger partial charge in [-0.25, -0.2) is 0 Å². The maximum atomic E-state index is 13.3. The fourth-order valence-corrected chi connectivity index (χ4v) is 4.79. The van der Waals surface area contributed by atoms with Gasteiger partial charge in [0.2, 0.25) is 11.8 Å². The van der Waals surface area contributed by atoms with Crippen molar-refractivity contribution in [1.82, 2.24) is 15.5 Å². The second-order valence-electron chi connectivity index (χ2n) is 7.64. The Balaban J connectivity index is 1.63. The first-order valence-corrected chi connectivity index (χ1v) is 9.45. The molecule has 5 heteroatoms. The smallest absolute Gasteiger partial charge is 0.230 e. The molecule has 1 aliphatic carbocycles. The van der Waals surface area contributed by atoms with Gasteiger partial charge < -0.3 is 15.5 Å². The number of hydrogen-bond acceptors (Lipinski definition) is 3. The highest BCUT2D eigenvalue weighted by Crippen LogP contribution is 2.45. The molecule has 0 aromatic heterocycles. The Morgan fingerprint density at radius 2 is 2.13 bits per heavy atom. The van der Waals surface area contributed by atoms with Crippen LogP contribution in [0.4, 0.5) is 0 Å². The highest BCUT2D eigenvalue weighted by Gasteiger charge is 2.51. The first-order chi connectivity index (χ1) is 11.2. The lowest BCUT2D eigenvalue weighted by Gasteiger charge is -2.43. The van der Waals surface area contributed by atoms with Crippen LogP contribution >= 0.6 is 0 Å². The molecule has 3 rings (SSSR count). The summed E-state index contributed by atoms with van der Waals surface area (Å²) < 4.78 is 0. The number of piperidine rings is 1. The van der Waals surface area contributed by atoms with Crippen molar-refractivity contribution >= 4 is 11.8 Å². The van der Waals surface area contributed by atoms with Crippen LogP contribution in [0.1, 0.15) is 58.3 Å². The second kappa shape index (κ2) is 7.20. The summed E-state index contributed by atoms with van der Waals surface area (Å²) in [5.41, 5.74) is -0.159. The van der Waals surface area contributed by atoms with E-state index in [-0.39, 0.29) is 17.4 Å². The molecular weight excluding hydrogens is 290 g/mol. The van der Waals surface area contributed by atoms with Gasteiger partial charge in [-0.1, -0.05) is 19.8 Å². The number of nitrogens with zero attached hydrogens (tertiary/aromatic N) is 1. The molecule has 3 fully saturated rings. The van der Waals surface area contributed by atoms with Gasteiger partial charge in [0.15, 0.2) is 0 Å². The quantitative estimate of drug-likeness (QED) is 0.828. The monoisotopic (exact) mass is 321 g/mol. The molecule has 2 N–H and O–H groups in total. The molecule has 2 aliphatic heterocycles. The lowest BCUT2D eigenvalue weighted by atomic mass is 9.67. The lowest BCUT2D eigenvalue weighted by Crippen LogP contribution is -2.56. The van der Waals surface area contributed by atoms with Crippen LogP contribution in [-0.4, -0.2) is 48.9 Å². The molecule has 0 radical (unpaired) electrons. The molecule has 2 amide bonds. The minimum Gasteiger partial charge on any atom is -0.352 e. The molecule has 0 aromatic carbocycles. The second-order valence-corrected chi connectivity index (χ2v) is 7.64. The molecule has 1 saturated carbocycles. The van der Waals surface area contributed by atoms with Crippen LogP contribution in [0.25, 0.3) is 0 Å². The zero-order valence-electron chi connectivity index (χ0n) is 14.4. The van der Waals surface area contributed by atoms with E-state index in [1.54, 1.807) is 0 Å². The number of carbonyl (C=O) groups is 2. The Hall–Kier alpha value is -1.10. The average molecular weight is 321 g/mol. The molecule has 0 aromatic rings. The number of fused-ring (bicyclic) bond motifs is 1. The molecule has 23 heavy (non-hydrogen) atoms. The van der Waals surface area contributed by atoms with E-state index in [2.05, 4.69) is 10.6 Å². The number of hydrogen-bond donors (Lipinski definition) is 2. The summed E-state index contributed by atoms with van der Waals surface area (Å²) >= 11 is 0. The molecule has 1 unspecified atom stereocenters. The number of rotatable bonds is 4. The summed E-state index contributed by atoms with van der Waals surface area (Å²) in [6.07, 6.45) is 8.10. The van der Waals surface area contributed by atoms with Crippen molar-refractivity contribution in [3.8, 4) is 0 Å². The third-order valence-corrected chi connectivity index (χ3v) is 6.01. The normalized spacial score (nSPS) is 34.0. The van der Waals surface area contributed by atoms with Crippen LogP contribution in [0.3, 0.4) is 0 Å². The maximum Gasteiger partial charge on any atom is 0.230 e. The first-order valence-electron chi connectivity index (χ1n) is 9.45. The topological polar surface area (TPSA) is 61.4 Å². The zero-order chi connectivity index (χ0) is 16.3. The minimum atomic E-state index is -0.159. The minimum absolute atomic E-state index is 0.128. The van der Waals surface area contributed by atoms with Crippen LogP contribution in [-0.2, 0) is 9.59 Å². The van der Waals surface area contributed by atoms with Crippen LogP contribution in [0.2, 0.25) is 0 Å². The SMILES string of the molecule is CCCC(=O)NC1CCCN(C(=O)[C@@]23CCCC[C@H]2CNC3)C1. The van der Waals surface area contributed by atoms with Crippen LogP contribution in [0, 0.1) is 11.3 Å². The summed E-state index contributed by atoms with van der Waals surface area (Å²) in [4.78, 5) is 27.2. The Kier molecular flexibility index (Phi) is 5.24. The Morgan fingerprint density at radius 3 is 2.96 bits per heavy atom. The van der Waals surface area contributed by atoms with E-state index >= 15 is 0 Å². The van der Waals surface area contributed by atoms with E-state index in [9.17, 15) is 9.59 Å². The van der Waals surface area contributed by atoms with Crippen molar-refractivity contribution in [2.45, 2.75) is 64.3 Å². The molecule has 5 nitrogen and oxygen atoms in total. The fourth-order valence-electron chi connectivity index (χ4n) is 4.79. The van der Waals surface area contributed by atoms with E-state index < -0.39 is 0 Å². The molecule has 3 aliphatic rings. The Bertz CT molecular complexity index is 454. The van der Waals surface area contributed by atoms with E-state index in [0.29, 0.717) is 24.8 Å². The highest BCUT2D eigenvalue weighted by molar-refractivity contribution is 5.84. The summed E-state index contributed by atoms with van der Waals surface area (Å²) in [6.45, 7) is 5.41. The number of carbonyl (C=O) groups excluding carboxylic acids is 2. The van der Waals surface area contributed by atoms with E-state index in [4.69, 9.17) is 0 Å². The van der Waals surface area contributed by atoms with Crippen molar-refractivity contribution in [3.63, 3.8) is 0 Å². The van der Waals surface area contributed by atoms with Crippen molar-refractivity contribution in [2.24, 2.45) is 11.3 Å². The van der Waals surface area contributed by atoms with Crippen molar-refractivity contribution in [1.29, 1.82) is 0 Å². The van der Waals surface area contributed by atoms with Crippen LogP contribution < -0.4 is 10.6 Å². The number of nitrogens with one attached hydrogen (secondary N) is 2. The van der Waals surface area contributed by atoms with Gasteiger partial charge in [0.25, 0.3) is 0 Å². The van der Waals surface area contributed by atoms with Gasteiger partial charge in [-0.2, -0.15) is 0 Å². The highest BCUT2D eigenvalue weighted by atomic mass is 16.2. The summed E-state index contributed by atoms with van der Waals surface area (Å²) in [7, 11) is 0. The molecule has 2 saturated heterocycles. The van der Waals surface area contributed by atoms with Crippen molar-refractivity contribution in [3.05, 3.63) is 0 Å². The lowest BCUT2D eigenvalue weighted by molar-refractivity contribution is -0.147. The first kappa shape index (κ1) is 16.7. The molecular formula is C18H31N3O2. The van der Waals surface area contributed by atoms with Gasteiger partial charge >= 0.3 is 0 Å². The van der Waals surface area contributed by atoms with Gasteiger partial charge in [0.05, 0.1) is 5.41 Å². The molecule has 0 spiro atoms. The van der Waals surface area contributed by atoms with Crippen LogP contribution in [0.5, 0.6) is 0 Å². The predicted molar refractivity (Wildman–Crippen MR) is 89.9 cm³/mol. The molecule has 3 atom stereocenters. The van der Waals surface area contributed by atoms with Gasteiger partial charge in [0, 0.05) is 32.1 Å². The van der Waals surface area contributed by atoms with Crippen LogP contribution in [0.15, 0.2) is 0 Å². The van der Waals surface area contributed by atoms with Gasteiger partial charge in [-0.15, -0.1) is 0 Å². The summed E-state index contributed by atoms with van der Waals surface area (Å²) in [5, 5.41) is 6.58. The Labute approximate surface area is 139 Å². The average Bonchev–Trinajstić information content (AvgIpc) is 2.99.